The molecular formula is C15H17N7O. The van der Waals surface area contributed by atoms with Gasteiger partial charge < -0.3 is 16.4 Å². The van der Waals surface area contributed by atoms with E-state index in [4.69, 9.17) is 10.9 Å². The van der Waals surface area contributed by atoms with Crippen molar-refractivity contribution in [3.8, 4) is 5.69 Å². The molecular weight excluding hydrogens is 294 g/mol. The zero-order chi connectivity index (χ0) is 16.1. The van der Waals surface area contributed by atoms with Gasteiger partial charge >= 0.3 is 0 Å². The van der Waals surface area contributed by atoms with E-state index in [1.165, 1.54) is 0 Å². The van der Waals surface area contributed by atoms with Gasteiger partial charge in [0.25, 0.3) is 0 Å². The molecule has 2 aromatic rings. The zero-order valence-corrected chi connectivity index (χ0v) is 12.9. The number of nitrogens with one attached hydrogen (secondary N) is 1. The Morgan fingerprint density at radius 3 is 2.83 bits per heavy atom. The van der Waals surface area contributed by atoms with Gasteiger partial charge in [0, 0.05) is 19.2 Å². The van der Waals surface area contributed by atoms with Crippen LogP contribution < -0.4 is 16.2 Å². The van der Waals surface area contributed by atoms with Gasteiger partial charge in [-0.1, -0.05) is 17.3 Å². The van der Waals surface area contributed by atoms with E-state index in [9.17, 15) is 0 Å². The van der Waals surface area contributed by atoms with Gasteiger partial charge in [0.2, 0.25) is 0 Å². The summed E-state index contributed by atoms with van der Waals surface area (Å²) in [5, 5.41) is 16.2. The van der Waals surface area contributed by atoms with E-state index in [0.717, 1.165) is 28.5 Å². The fourth-order valence-corrected chi connectivity index (χ4v) is 3.23. The first-order valence-electron chi connectivity index (χ1n) is 7.25. The summed E-state index contributed by atoms with van der Waals surface area (Å²) >= 11 is 0. The van der Waals surface area contributed by atoms with Gasteiger partial charge in [-0.05, 0) is 19.1 Å². The van der Waals surface area contributed by atoms with Crippen molar-refractivity contribution in [2.45, 2.75) is 13.3 Å². The average molecular weight is 311 g/mol. The number of hydrogen-bond donors (Lipinski definition) is 3. The van der Waals surface area contributed by atoms with Gasteiger partial charge in [-0.3, -0.25) is 9.58 Å². The van der Waals surface area contributed by atoms with E-state index in [0.29, 0.717) is 12.1 Å². The fraction of sp³-hybridized carbons (Fsp3) is 0.200. The molecule has 0 radical (unpaired) electrons. The Morgan fingerprint density at radius 2 is 2.09 bits per heavy atom. The van der Waals surface area contributed by atoms with Crippen molar-refractivity contribution < 1.29 is 5.21 Å². The summed E-state index contributed by atoms with van der Waals surface area (Å²) in [7, 11) is 1.97. The molecule has 1 aromatic heterocycles. The predicted molar refractivity (Wildman–Crippen MR) is 85.9 cm³/mol. The number of anilines is 1. The highest BCUT2D eigenvalue weighted by Crippen LogP contribution is 2.37. The molecule has 3 heterocycles. The molecule has 4 rings (SSSR count). The number of allylic oxidation sites excluding steroid dienone is 2. The van der Waals surface area contributed by atoms with Crippen molar-refractivity contribution in [1.29, 1.82) is 0 Å². The predicted octanol–water partition coefficient (Wildman–Crippen LogP) is 0.926. The summed E-state index contributed by atoms with van der Waals surface area (Å²) in [6.07, 6.45) is 2.33. The van der Waals surface area contributed by atoms with Crippen molar-refractivity contribution >= 4 is 11.5 Å². The third-order valence-corrected chi connectivity index (χ3v) is 4.24. The largest absolute Gasteiger partial charge is 0.409 e. The summed E-state index contributed by atoms with van der Waals surface area (Å²) in [4.78, 5) is 4.34. The van der Waals surface area contributed by atoms with E-state index in [1.54, 1.807) is 6.33 Å². The van der Waals surface area contributed by atoms with Crippen LogP contribution in [0.1, 0.15) is 18.3 Å². The fourth-order valence-electron chi connectivity index (χ4n) is 3.23. The summed E-state index contributed by atoms with van der Waals surface area (Å²) in [6.45, 7) is 2.03. The molecule has 2 aliphatic heterocycles. The molecule has 0 bridgehead atoms. The van der Waals surface area contributed by atoms with Crippen molar-refractivity contribution in [3.05, 3.63) is 53.4 Å². The maximum Gasteiger partial charge on any atom is 0.190 e. The molecule has 0 saturated heterocycles. The molecule has 8 heteroatoms. The number of oxime groups is 1. The minimum atomic E-state index is 0.0160. The number of para-hydroxylation sites is 2. The third kappa shape index (κ3) is 1.82. The molecule has 4 N–H and O–H groups in total. The van der Waals surface area contributed by atoms with Crippen LogP contribution in [-0.2, 0) is 6.42 Å². The maximum atomic E-state index is 9.03. The molecule has 23 heavy (non-hydrogen) atoms. The summed E-state index contributed by atoms with van der Waals surface area (Å²) < 4.78 is 2.00. The number of imidazole rings is 1. The highest BCUT2D eigenvalue weighted by molar-refractivity contribution is 5.96. The standard InChI is InChI=1S/C15H17N7O/c1-9-12-7-13-14(15(16)19-23)17-8-21(13)10-5-3-4-6-11(10)22(12)20(2)18-9/h3-6,8,18,23H,7H2,1-2H3,(H2,16,19). The van der Waals surface area contributed by atoms with Crippen LogP contribution in [0.3, 0.4) is 0 Å². The Bertz CT molecular complexity index is 851. The smallest absolute Gasteiger partial charge is 0.190 e. The minimum absolute atomic E-state index is 0.0160. The minimum Gasteiger partial charge on any atom is -0.409 e. The highest BCUT2D eigenvalue weighted by Gasteiger charge is 2.33. The molecule has 0 fully saturated rings. The van der Waals surface area contributed by atoms with Gasteiger partial charge in [-0.25, -0.2) is 4.98 Å². The number of nitrogens with two attached hydrogens (primary N) is 1. The number of aromatic nitrogens is 2. The molecule has 8 nitrogen and oxygen atoms in total. The van der Waals surface area contributed by atoms with Crippen LogP contribution in [0.2, 0.25) is 0 Å². The summed E-state index contributed by atoms with van der Waals surface area (Å²) in [5.74, 6) is 0.0160. The van der Waals surface area contributed by atoms with Crippen LogP contribution in [-0.4, -0.2) is 32.8 Å². The van der Waals surface area contributed by atoms with E-state index < -0.39 is 0 Å². The molecule has 0 unspecified atom stereocenters. The highest BCUT2D eigenvalue weighted by atomic mass is 16.4. The molecule has 0 atom stereocenters. The van der Waals surface area contributed by atoms with Crippen molar-refractivity contribution in [3.63, 3.8) is 0 Å². The third-order valence-electron chi connectivity index (χ3n) is 4.24. The summed E-state index contributed by atoms with van der Waals surface area (Å²) in [5.41, 5.74) is 14.7. The molecule has 2 aliphatic rings. The number of nitrogens with zero attached hydrogens (tertiary/aromatic N) is 5. The van der Waals surface area contributed by atoms with E-state index in [2.05, 4.69) is 26.6 Å². The Hall–Kier alpha value is -3.00. The lowest BCUT2D eigenvalue weighted by atomic mass is 10.1. The molecule has 0 spiro atoms. The quantitative estimate of drug-likeness (QED) is 0.314. The van der Waals surface area contributed by atoms with E-state index in [1.807, 2.05) is 41.9 Å². The van der Waals surface area contributed by atoms with Crippen molar-refractivity contribution in [2.24, 2.45) is 10.9 Å². The van der Waals surface area contributed by atoms with Gasteiger partial charge in [0.15, 0.2) is 5.84 Å². The van der Waals surface area contributed by atoms with Gasteiger partial charge in [0.05, 0.1) is 22.8 Å². The van der Waals surface area contributed by atoms with Gasteiger partial charge in [-0.2, -0.15) is 0 Å². The molecule has 0 amide bonds. The van der Waals surface area contributed by atoms with Crippen molar-refractivity contribution in [1.82, 2.24) is 20.1 Å². The topological polar surface area (TPSA) is 94.9 Å². The van der Waals surface area contributed by atoms with Crippen LogP contribution in [0.5, 0.6) is 0 Å². The number of hydrazine groups is 2. The molecule has 1 aromatic carbocycles. The first-order valence-corrected chi connectivity index (χ1v) is 7.25. The SMILES string of the molecule is CC1=C2Cc3c(/C(N)=N/O)ncn3-c3ccccc3N2N(C)N1. The number of fused-ring (bicyclic) bond motifs is 5. The first kappa shape index (κ1) is 13.6. The lowest BCUT2D eigenvalue weighted by Crippen LogP contribution is -2.40. The van der Waals surface area contributed by atoms with Crippen LogP contribution in [0, 0.1) is 0 Å². The Morgan fingerprint density at radius 1 is 1.35 bits per heavy atom. The summed E-state index contributed by atoms with van der Waals surface area (Å²) in [6, 6.07) is 8.08. The second-order valence-corrected chi connectivity index (χ2v) is 5.58. The number of benzene rings is 1. The molecule has 0 saturated carbocycles. The number of hydrogen-bond acceptors (Lipinski definition) is 6. The first-order chi connectivity index (χ1) is 11.1. The van der Waals surface area contributed by atoms with Crippen LogP contribution in [0.15, 0.2) is 47.1 Å². The number of amidine groups is 1. The average Bonchev–Trinajstić information content (AvgIpc) is 3.04. The lowest BCUT2D eigenvalue weighted by Gasteiger charge is -2.28. The van der Waals surface area contributed by atoms with Crippen LogP contribution >= 0.6 is 0 Å². The lowest BCUT2D eigenvalue weighted by molar-refractivity contribution is 0.290. The van der Waals surface area contributed by atoms with Crippen LogP contribution in [0.4, 0.5) is 5.69 Å². The number of rotatable bonds is 1. The Labute approximate surface area is 133 Å². The van der Waals surface area contributed by atoms with Crippen LogP contribution in [0.25, 0.3) is 5.69 Å². The van der Waals surface area contributed by atoms with E-state index >= 15 is 0 Å². The van der Waals surface area contributed by atoms with E-state index in [-0.39, 0.29) is 5.84 Å². The zero-order valence-electron chi connectivity index (χ0n) is 12.9. The second kappa shape index (κ2) is 4.75. The monoisotopic (exact) mass is 311 g/mol. The maximum absolute atomic E-state index is 9.03. The second-order valence-electron chi connectivity index (χ2n) is 5.58. The Balaban J connectivity index is 2.02. The van der Waals surface area contributed by atoms with Gasteiger partial charge in [-0.15, -0.1) is 5.12 Å². The molecule has 0 aliphatic carbocycles. The molecule has 118 valence electrons. The van der Waals surface area contributed by atoms with Gasteiger partial charge in [0.1, 0.15) is 12.0 Å². The normalized spacial score (nSPS) is 17.5. The Kier molecular flexibility index (Phi) is 2.82. The van der Waals surface area contributed by atoms with Crippen molar-refractivity contribution in [2.75, 3.05) is 12.1 Å².